The van der Waals surface area contributed by atoms with E-state index in [1.807, 2.05) is 6.92 Å². The molecular weight excluding hydrogens is 363 g/mol. The highest BCUT2D eigenvalue weighted by Gasteiger charge is 2.13. The number of rotatable bonds is 4. The molecular formula is C18H14Cl2N2O3. The van der Waals surface area contributed by atoms with E-state index in [1.54, 1.807) is 24.3 Å². The van der Waals surface area contributed by atoms with Crippen LogP contribution in [0.15, 0.2) is 45.6 Å². The summed E-state index contributed by atoms with van der Waals surface area (Å²) in [6.07, 6.45) is 0.389. The highest BCUT2D eigenvalue weighted by atomic mass is 35.5. The Balaban J connectivity index is 1.70. The van der Waals surface area contributed by atoms with Crippen LogP contribution in [-0.2, 0) is 6.42 Å². The zero-order valence-corrected chi connectivity index (χ0v) is 14.8. The van der Waals surface area contributed by atoms with E-state index in [9.17, 15) is 9.59 Å². The van der Waals surface area contributed by atoms with Crippen LogP contribution in [0.1, 0.15) is 21.9 Å². The fraction of sp³-hybridized carbons (Fsp3) is 0.167. The Morgan fingerprint density at radius 3 is 2.60 bits per heavy atom. The summed E-state index contributed by atoms with van der Waals surface area (Å²) in [4.78, 5) is 28.0. The van der Waals surface area contributed by atoms with Crippen molar-refractivity contribution in [2.75, 3.05) is 6.54 Å². The minimum absolute atomic E-state index is 0.126. The largest absolute Gasteiger partial charge is 0.442 e. The summed E-state index contributed by atoms with van der Waals surface area (Å²) in [7, 11) is 0. The van der Waals surface area contributed by atoms with Crippen LogP contribution in [0.4, 0.5) is 0 Å². The van der Waals surface area contributed by atoms with Crippen molar-refractivity contribution in [2.24, 2.45) is 0 Å². The Labute approximate surface area is 153 Å². The molecule has 25 heavy (non-hydrogen) atoms. The van der Waals surface area contributed by atoms with Crippen LogP contribution >= 0.6 is 23.2 Å². The van der Waals surface area contributed by atoms with E-state index in [2.05, 4.69) is 10.3 Å². The Morgan fingerprint density at radius 2 is 1.88 bits per heavy atom. The number of benzene rings is 2. The molecule has 0 saturated heterocycles. The molecule has 3 rings (SSSR count). The van der Waals surface area contributed by atoms with Crippen molar-refractivity contribution in [3.05, 3.63) is 73.8 Å². The van der Waals surface area contributed by atoms with Gasteiger partial charge in [0.1, 0.15) is 5.76 Å². The molecule has 2 aliphatic rings. The summed E-state index contributed by atoms with van der Waals surface area (Å²) in [5.41, 5.74) is 1.82. The molecule has 1 heterocycles. The molecule has 128 valence electrons. The number of aryl methyl sites for hydroxylation is 1. The standard InChI is InChI=1S/C18H14Cl2N2O3/c1-10-15-3-2-14(23)9-16(15)25-17(22-10)4-5-21-18(24)11-6-12(19)8-13(20)7-11/h2-3,6-9H,4-5H2,1H3,(H,21,24). The van der Waals surface area contributed by atoms with Gasteiger partial charge in [0.25, 0.3) is 5.91 Å². The maximum Gasteiger partial charge on any atom is 0.251 e. The van der Waals surface area contributed by atoms with Crippen molar-refractivity contribution in [2.45, 2.75) is 13.3 Å². The Kier molecular flexibility index (Phi) is 5.06. The number of amides is 1. The number of carbonyl (C=O) groups excluding carboxylic acids is 1. The van der Waals surface area contributed by atoms with Gasteiger partial charge >= 0.3 is 0 Å². The molecule has 1 amide bonds. The number of hydrogen-bond donors (Lipinski definition) is 1. The lowest BCUT2D eigenvalue weighted by Crippen LogP contribution is -2.26. The van der Waals surface area contributed by atoms with Gasteiger partial charge < -0.3 is 9.73 Å². The topological polar surface area (TPSA) is 72.2 Å². The lowest BCUT2D eigenvalue weighted by atomic mass is 10.1. The molecule has 0 atom stereocenters. The first-order valence-corrected chi connectivity index (χ1v) is 8.32. The SMILES string of the molecule is Cc1nc(CCNC(=O)c2cc(Cl)cc(Cl)c2)oc2cc(=O)ccc1-2. The minimum Gasteiger partial charge on any atom is -0.442 e. The second-order valence-electron chi connectivity index (χ2n) is 5.52. The molecule has 0 aromatic heterocycles. The molecule has 1 aromatic rings. The Hall–Kier alpha value is -2.37. The van der Waals surface area contributed by atoms with E-state index in [0.717, 1.165) is 11.3 Å². The monoisotopic (exact) mass is 376 g/mol. The summed E-state index contributed by atoms with van der Waals surface area (Å²) in [5, 5.41) is 3.56. The molecule has 0 spiro atoms. The molecule has 0 fully saturated rings. The summed E-state index contributed by atoms with van der Waals surface area (Å²) in [5.74, 6) is 0.645. The molecule has 1 N–H and O–H groups in total. The molecule has 0 unspecified atom stereocenters. The van der Waals surface area contributed by atoms with Crippen LogP contribution in [-0.4, -0.2) is 17.4 Å². The first-order valence-electron chi connectivity index (χ1n) is 7.57. The highest BCUT2D eigenvalue weighted by molar-refractivity contribution is 6.35. The third-order valence-electron chi connectivity index (χ3n) is 3.61. The second-order valence-corrected chi connectivity index (χ2v) is 6.39. The van der Waals surface area contributed by atoms with Crippen LogP contribution < -0.4 is 10.7 Å². The van der Waals surface area contributed by atoms with E-state index < -0.39 is 0 Å². The van der Waals surface area contributed by atoms with Crippen molar-refractivity contribution in [1.29, 1.82) is 0 Å². The van der Waals surface area contributed by atoms with Gasteiger partial charge in [-0.05, 0) is 37.3 Å². The van der Waals surface area contributed by atoms with Gasteiger partial charge in [0, 0.05) is 40.2 Å². The summed E-state index contributed by atoms with van der Waals surface area (Å²) in [6, 6.07) is 9.24. The zero-order valence-electron chi connectivity index (χ0n) is 13.3. The second kappa shape index (κ2) is 7.25. The van der Waals surface area contributed by atoms with Crippen LogP contribution in [0.3, 0.4) is 0 Å². The molecule has 0 saturated carbocycles. The average molecular weight is 377 g/mol. The Bertz CT molecular complexity index is 949. The summed E-state index contributed by atoms with van der Waals surface area (Å²) < 4.78 is 5.64. The van der Waals surface area contributed by atoms with E-state index in [0.29, 0.717) is 40.2 Å². The minimum atomic E-state index is -0.288. The van der Waals surface area contributed by atoms with Gasteiger partial charge in [0.05, 0.1) is 5.69 Å². The van der Waals surface area contributed by atoms with Crippen LogP contribution in [0.2, 0.25) is 10.0 Å². The number of nitrogens with one attached hydrogen (secondary N) is 1. The highest BCUT2D eigenvalue weighted by Crippen LogP contribution is 2.23. The predicted octanol–water partition coefficient (Wildman–Crippen LogP) is 3.73. The van der Waals surface area contributed by atoms with Crippen LogP contribution in [0, 0.1) is 6.92 Å². The summed E-state index contributed by atoms with van der Waals surface area (Å²) in [6.45, 7) is 2.17. The van der Waals surface area contributed by atoms with Gasteiger partial charge in [0.15, 0.2) is 11.3 Å². The number of aromatic nitrogens is 1. The number of hydrogen-bond acceptors (Lipinski definition) is 4. The van der Waals surface area contributed by atoms with E-state index in [4.69, 9.17) is 27.6 Å². The maximum atomic E-state index is 12.1. The maximum absolute atomic E-state index is 12.1. The smallest absolute Gasteiger partial charge is 0.251 e. The van der Waals surface area contributed by atoms with Crippen molar-refractivity contribution in [3.8, 4) is 11.3 Å². The average Bonchev–Trinajstić information content (AvgIpc) is 2.53. The predicted molar refractivity (Wildman–Crippen MR) is 96.6 cm³/mol. The van der Waals surface area contributed by atoms with Crippen molar-refractivity contribution in [1.82, 2.24) is 10.3 Å². The van der Waals surface area contributed by atoms with Crippen molar-refractivity contribution < 1.29 is 9.21 Å². The normalized spacial score (nSPS) is 10.8. The van der Waals surface area contributed by atoms with Crippen LogP contribution in [0.5, 0.6) is 0 Å². The molecule has 0 radical (unpaired) electrons. The van der Waals surface area contributed by atoms with Crippen molar-refractivity contribution >= 4 is 29.1 Å². The Morgan fingerprint density at radius 1 is 1.16 bits per heavy atom. The molecule has 0 bridgehead atoms. The quantitative estimate of drug-likeness (QED) is 0.752. The van der Waals surface area contributed by atoms with Gasteiger partial charge in [-0.3, -0.25) is 9.59 Å². The third kappa shape index (κ3) is 4.18. The van der Waals surface area contributed by atoms with Gasteiger partial charge in [-0.15, -0.1) is 0 Å². The first-order chi connectivity index (χ1) is 11.9. The molecule has 1 aromatic carbocycles. The van der Waals surface area contributed by atoms with E-state index in [-0.39, 0.29) is 11.3 Å². The molecule has 5 nitrogen and oxygen atoms in total. The summed E-state index contributed by atoms with van der Waals surface area (Å²) >= 11 is 11.8. The number of nitrogens with zero attached hydrogens (tertiary/aromatic N) is 1. The third-order valence-corrected chi connectivity index (χ3v) is 4.05. The lowest BCUT2D eigenvalue weighted by Gasteiger charge is -2.10. The number of fused-ring (bicyclic) bond motifs is 1. The van der Waals surface area contributed by atoms with Gasteiger partial charge in [0.2, 0.25) is 0 Å². The first kappa shape index (κ1) is 17.5. The van der Waals surface area contributed by atoms with Gasteiger partial charge in [-0.1, -0.05) is 23.2 Å². The van der Waals surface area contributed by atoms with Gasteiger partial charge in [-0.25, -0.2) is 4.98 Å². The zero-order chi connectivity index (χ0) is 18.0. The van der Waals surface area contributed by atoms with E-state index >= 15 is 0 Å². The molecule has 1 aliphatic heterocycles. The fourth-order valence-corrected chi connectivity index (χ4v) is 2.99. The number of halogens is 2. The fourth-order valence-electron chi connectivity index (χ4n) is 2.46. The molecule has 1 aliphatic carbocycles. The number of carbonyl (C=O) groups is 1. The molecule has 7 heteroatoms. The lowest BCUT2D eigenvalue weighted by molar-refractivity contribution is 0.0953. The van der Waals surface area contributed by atoms with Gasteiger partial charge in [-0.2, -0.15) is 0 Å². The van der Waals surface area contributed by atoms with Crippen molar-refractivity contribution in [3.63, 3.8) is 0 Å². The van der Waals surface area contributed by atoms with E-state index in [1.165, 1.54) is 12.1 Å². The van der Waals surface area contributed by atoms with Crippen LogP contribution in [0.25, 0.3) is 11.3 Å².